The first-order valence-electron chi connectivity index (χ1n) is 4.43. The zero-order valence-corrected chi connectivity index (χ0v) is 7.84. The van der Waals surface area contributed by atoms with Crippen LogP contribution < -0.4 is 5.73 Å². The molecule has 1 atom stereocenters. The molecule has 1 unspecified atom stereocenters. The van der Waals surface area contributed by atoms with Gasteiger partial charge in [0.1, 0.15) is 11.6 Å². The van der Waals surface area contributed by atoms with Crippen molar-refractivity contribution in [1.29, 1.82) is 0 Å². The second-order valence-electron chi connectivity index (χ2n) is 3.27. The maximum Gasteiger partial charge on any atom is 0.126 e. The number of rotatable bonds is 4. The minimum absolute atomic E-state index is 0.131. The molecule has 0 amide bonds. The zero-order chi connectivity index (χ0) is 10.6. The highest BCUT2D eigenvalue weighted by atomic mass is 19.1. The lowest BCUT2D eigenvalue weighted by atomic mass is 10.0. The molecule has 0 radical (unpaired) electrons. The quantitative estimate of drug-likeness (QED) is 0.737. The van der Waals surface area contributed by atoms with E-state index in [1.54, 1.807) is 6.08 Å². The minimum Gasteiger partial charge on any atom is -0.327 e. The van der Waals surface area contributed by atoms with E-state index < -0.39 is 11.6 Å². The van der Waals surface area contributed by atoms with Crippen molar-refractivity contribution in [2.45, 2.75) is 18.9 Å². The fourth-order valence-electron chi connectivity index (χ4n) is 1.33. The molecule has 0 saturated heterocycles. The Bertz CT molecular complexity index is 303. The number of hydrogen-bond donors (Lipinski definition) is 1. The standard InChI is InChI=1S/C11H13F2N/c1-2-3-11(14)6-8-4-9(12)7-10(13)5-8/h2,4-5,7,11H,1,3,6,14H2. The molecule has 1 rings (SSSR count). The molecule has 0 bridgehead atoms. The van der Waals surface area contributed by atoms with Crippen LogP contribution in [0, 0.1) is 11.6 Å². The van der Waals surface area contributed by atoms with E-state index in [-0.39, 0.29) is 6.04 Å². The lowest BCUT2D eigenvalue weighted by Crippen LogP contribution is -2.21. The molecule has 76 valence electrons. The highest BCUT2D eigenvalue weighted by Gasteiger charge is 2.05. The highest BCUT2D eigenvalue weighted by molar-refractivity contribution is 5.19. The largest absolute Gasteiger partial charge is 0.327 e. The molecular formula is C11H13F2N. The van der Waals surface area contributed by atoms with Crippen molar-refractivity contribution in [3.8, 4) is 0 Å². The van der Waals surface area contributed by atoms with Crippen LogP contribution in [-0.4, -0.2) is 6.04 Å². The highest BCUT2D eigenvalue weighted by Crippen LogP contribution is 2.10. The number of hydrogen-bond acceptors (Lipinski definition) is 1. The summed E-state index contributed by atoms with van der Waals surface area (Å²) in [7, 11) is 0. The normalized spacial score (nSPS) is 12.5. The molecule has 0 aliphatic carbocycles. The first-order chi connectivity index (χ1) is 6.61. The Kier molecular flexibility index (Phi) is 3.77. The van der Waals surface area contributed by atoms with Crippen LogP contribution in [0.3, 0.4) is 0 Å². The third kappa shape index (κ3) is 3.26. The van der Waals surface area contributed by atoms with Crippen LogP contribution in [0.15, 0.2) is 30.9 Å². The summed E-state index contributed by atoms with van der Waals surface area (Å²) in [4.78, 5) is 0. The summed E-state index contributed by atoms with van der Waals surface area (Å²) in [5.41, 5.74) is 6.28. The lowest BCUT2D eigenvalue weighted by molar-refractivity contribution is 0.575. The maximum atomic E-state index is 12.8. The molecule has 0 aliphatic rings. The Morgan fingerprint density at radius 3 is 2.36 bits per heavy atom. The van der Waals surface area contributed by atoms with Crippen LogP contribution in [0.25, 0.3) is 0 Å². The van der Waals surface area contributed by atoms with Gasteiger partial charge in [0.15, 0.2) is 0 Å². The van der Waals surface area contributed by atoms with E-state index in [2.05, 4.69) is 6.58 Å². The summed E-state index contributed by atoms with van der Waals surface area (Å²) >= 11 is 0. The topological polar surface area (TPSA) is 26.0 Å². The first-order valence-corrected chi connectivity index (χ1v) is 4.43. The Morgan fingerprint density at radius 1 is 1.29 bits per heavy atom. The summed E-state index contributed by atoms with van der Waals surface area (Å²) in [6.07, 6.45) is 2.79. The summed E-state index contributed by atoms with van der Waals surface area (Å²) < 4.78 is 25.5. The van der Waals surface area contributed by atoms with Crippen molar-refractivity contribution < 1.29 is 8.78 Å². The zero-order valence-electron chi connectivity index (χ0n) is 7.84. The van der Waals surface area contributed by atoms with Gasteiger partial charge in [0.05, 0.1) is 0 Å². The van der Waals surface area contributed by atoms with Gasteiger partial charge in [-0.1, -0.05) is 6.08 Å². The van der Waals surface area contributed by atoms with Gasteiger partial charge in [-0.3, -0.25) is 0 Å². The van der Waals surface area contributed by atoms with Gasteiger partial charge in [-0.25, -0.2) is 8.78 Å². The van der Waals surface area contributed by atoms with Crippen LogP contribution in [-0.2, 0) is 6.42 Å². The van der Waals surface area contributed by atoms with Crippen LogP contribution in [0.4, 0.5) is 8.78 Å². The molecule has 0 saturated carbocycles. The van der Waals surface area contributed by atoms with E-state index in [9.17, 15) is 8.78 Å². The SMILES string of the molecule is C=CCC(N)Cc1cc(F)cc(F)c1. The first kappa shape index (κ1) is 10.9. The molecule has 14 heavy (non-hydrogen) atoms. The van der Waals surface area contributed by atoms with Crippen LogP contribution in [0.1, 0.15) is 12.0 Å². The third-order valence-electron chi connectivity index (χ3n) is 1.89. The fraction of sp³-hybridized carbons (Fsp3) is 0.273. The van der Waals surface area contributed by atoms with E-state index in [0.29, 0.717) is 18.4 Å². The van der Waals surface area contributed by atoms with E-state index in [1.165, 1.54) is 12.1 Å². The third-order valence-corrected chi connectivity index (χ3v) is 1.89. The van der Waals surface area contributed by atoms with E-state index in [1.807, 2.05) is 0 Å². The average molecular weight is 197 g/mol. The molecule has 1 aromatic rings. The Labute approximate surface area is 82.2 Å². The Balaban J connectivity index is 2.71. The average Bonchev–Trinajstić information content (AvgIpc) is 2.01. The van der Waals surface area contributed by atoms with Gasteiger partial charge in [-0.2, -0.15) is 0 Å². The van der Waals surface area contributed by atoms with Gasteiger partial charge in [0.25, 0.3) is 0 Å². The van der Waals surface area contributed by atoms with Gasteiger partial charge >= 0.3 is 0 Å². The molecule has 0 spiro atoms. The molecule has 0 heterocycles. The van der Waals surface area contributed by atoms with E-state index >= 15 is 0 Å². The number of nitrogens with two attached hydrogens (primary N) is 1. The Hall–Kier alpha value is -1.22. The molecular weight excluding hydrogens is 184 g/mol. The number of halogens is 2. The second-order valence-corrected chi connectivity index (χ2v) is 3.27. The predicted octanol–water partition coefficient (Wildman–Crippen LogP) is 2.41. The van der Waals surface area contributed by atoms with Gasteiger partial charge in [-0.05, 0) is 30.5 Å². The monoisotopic (exact) mass is 197 g/mol. The van der Waals surface area contributed by atoms with Crippen LogP contribution in [0.5, 0.6) is 0 Å². The van der Waals surface area contributed by atoms with Crippen molar-refractivity contribution in [3.63, 3.8) is 0 Å². The van der Waals surface area contributed by atoms with Crippen LogP contribution in [0.2, 0.25) is 0 Å². The molecule has 2 N–H and O–H groups in total. The van der Waals surface area contributed by atoms with Gasteiger partial charge < -0.3 is 5.73 Å². The molecule has 1 nitrogen and oxygen atoms in total. The smallest absolute Gasteiger partial charge is 0.126 e. The second kappa shape index (κ2) is 4.86. The summed E-state index contributed by atoms with van der Waals surface area (Å²) in [6, 6.07) is 3.31. The lowest BCUT2D eigenvalue weighted by Gasteiger charge is -2.08. The van der Waals surface area contributed by atoms with Gasteiger partial charge in [0.2, 0.25) is 0 Å². The van der Waals surface area contributed by atoms with Crippen LogP contribution >= 0.6 is 0 Å². The van der Waals surface area contributed by atoms with Gasteiger partial charge in [-0.15, -0.1) is 6.58 Å². The maximum absolute atomic E-state index is 12.8. The van der Waals surface area contributed by atoms with E-state index in [0.717, 1.165) is 6.07 Å². The van der Waals surface area contributed by atoms with E-state index in [4.69, 9.17) is 5.73 Å². The summed E-state index contributed by atoms with van der Waals surface area (Å²) in [5.74, 6) is -1.13. The summed E-state index contributed by atoms with van der Waals surface area (Å²) in [6.45, 7) is 3.55. The molecule has 0 fully saturated rings. The Morgan fingerprint density at radius 2 is 1.86 bits per heavy atom. The minimum atomic E-state index is -0.564. The fourth-order valence-corrected chi connectivity index (χ4v) is 1.33. The van der Waals surface area contributed by atoms with Crippen molar-refractivity contribution in [2.75, 3.05) is 0 Å². The molecule has 0 aliphatic heterocycles. The molecule has 3 heteroatoms. The van der Waals surface area contributed by atoms with Crippen molar-refractivity contribution in [2.24, 2.45) is 5.73 Å². The number of benzene rings is 1. The molecule has 1 aromatic carbocycles. The van der Waals surface area contributed by atoms with Crippen molar-refractivity contribution in [1.82, 2.24) is 0 Å². The van der Waals surface area contributed by atoms with Gasteiger partial charge in [0, 0.05) is 12.1 Å². The van der Waals surface area contributed by atoms with Crippen molar-refractivity contribution in [3.05, 3.63) is 48.1 Å². The molecule has 0 aromatic heterocycles. The van der Waals surface area contributed by atoms with Crippen molar-refractivity contribution >= 4 is 0 Å². The summed E-state index contributed by atoms with van der Waals surface area (Å²) in [5, 5.41) is 0. The predicted molar refractivity (Wildman–Crippen MR) is 52.9 cm³/mol.